The van der Waals surface area contributed by atoms with Crippen LogP contribution in [0.5, 0.6) is 5.75 Å². The van der Waals surface area contributed by atoms with Gasteiger partial charge < -0.3 is 10.8 Å². The second kappa shape index (κ2) is 3.33. The van der Waals surface area contributed by atoms with Gasteiger partial charge in [-0.15, -0.1) is 12.4 Å². The molecule has 66 valence electrons. The van der Waals surface area contributed by atoms with E-state index < -0.39 is 0 Å². The first-order valence-electron chi connectivity index (χ1n) is 3.82. The van der Waals surface area contributed by atoms with Crippen molar-refractivity contribution >= 4 is 12.4 Å². The third kappa shape index (κ3) is 1.71. The molecule has 2 unspecified atom stereocenters. The number of nitrogens with two attached hydrogens (primary N) is 1. The highest BCUT2D eigenvalue weighted by atomic mass is 35.5. The number of hydrogen-bond donors (Lipinski definition) is 2. The molecule has 2 rings (SSSR count). The third-order valence-electron chi connectivity index (χ3n) is 2.14. The molecule has 0 spiro atoms. The van der Waals surface area contributed by atoms with Crippen molar-refractivity contribution in [3.8, 4) is 5.75 Å². The Bertz CT molecular complexity index is 277. The summed E-state index contributed by atoms with van der Waals surface area (Å²) in [6.07, 6.45) is 1.06. The van der Waals surface area contributed by atoms with Crippen LogP contribution in [0.1, 0.15) is 17.9 Å². The predicted molar refractivity (Wildman–Crippen MR) is 50.7 cm³/mol. The SMILES string of the molecule is Cl.NC1CC1c1cccc(O)c1. The van der Waals surface area contributed by atoms with Crippen molar-refractivity contribution in [2.24, 2.45) is 5.73 Å². The van der Waals surface area contributed by atoms with Gasteiger partial charge in [0.15, 0.2) is 0 Å². The standard InChI is InChI=1S/C9H11NO.ClH/c10-9-5-8(9)6-2-1-3-7(11)4-6;/h1-4,8-9,11H,5,10H2;1H. The van der Waals surface area contributed by atoms with Crippen molar-refractivity contribution in [1.29, 1.82) is 0 Å². The number of hydrogen-bond acceptors (Lipinski definition) is 2. The maximum absolute atomic E-state index is 9.14. The molecule has 0 aliphatic heterocycles. The number of rotatable bonds is 1. The summed E-state index contributed by atoms with van der Waals surface area (Å²) >= 11 is 0. The fraction of sp³-hybridized carbons (Fsp3) is 0.333. The van der Waals surface area contributed by atoms with Gasteiger partial charge in [0.05, 0.1) is 0 Å². The van der Waals surface area contributed by atoms with Crippen LogP contribution in [0.4, 0.5) is 0 Å². The van der Waals surface area contributed by atoms with Gasteiger partial charge in [-0.2, -0.15) is 0 Å². The lowest BCUT2D eigenvalue weighted by Crippen LogP contribution is -2.00. The molecule has 0 bridgehead atoms. The van der Waals surface area contributed by atoms with Gasteiger partial charge in [-0.25, -0.2) is 0 Å². The van der Waals surface area contributed by atoms with E-state index in [2.05, 4.69) is 0 Å². The Morgan fingerprint density at radius 1 is 1.42 bits per heavy atom. The highest BCUT2D eigenvalue weighted by molar-refractivity contribution is 5.85. The lowest BCUT2D eigenvalue weighted by Gasteiger charge is -1.97. The summed E-state index contributed by atoms with van der Waals surface area (Å²) < 4.78 is 0. The molecular formula is C9H12ClNO. The van der Waals surface area contributed by atoms with Crippen LogP contribution in [0.2, 0.25) is 0 Å². The summed E-state index contributed by atoms with van der Waals surface area (Å²) in [7, 11) is 0. The number of benzene rings is 1. The average molecular weight is 186 g/mol. The van der Waals surface area contributed by atoms with Gasteiger partial charge in [0, 0.05) is 12.0 Å². The molecule has 1 aliphatic rings. The minimum atomic E-state index is 0. The molecule has 1 aromatic rings. The Kier molecular flexibility index (Phi) is 2.60. The molecule has 1 fully saturated rings. The third-order valence-corrected chi connectivity index (χ3v) is 2.14. The quantitative estimate of drug-likeness (QED) is 0.699. The molecule has 0 heterocycles. The summed E-state index contributed by atoms with van der Waals surface area (Å²) in [5.74, 6) is 0.823. The van der Waals surface area contributed by atoms with E-state index in [1.807, 2.05) is 12.1 Å². The summed E-state index contributed by atoms with van der Waals surface area (Å²) in [4.78, 5) is 0. The van der Waals surface area contributed by atoms with Crippen LogP contribution in [0.3, 0.4) is 0 Å². The number of halogens is 1. The Morgan fingerprint density at radius 3 is 2.58 bits per heavy atom. The molecule has 2 nitrogen and oxygen atoms in total. The maximum Gasteiger partial charge on any atom is 0.115 e. The van der Waals surface area contributed by atoms with Gasteiger partial charge in [0.25, 0.3) is 0 Å². The second-order valence-electron chi connectivity index (χ2n) is 3.10. The summed E-state index contributed by atoms with van der Waals surface area (Å²) in [6.45, 7) is 0. The van der Waals surface area contributed by atoms with Crippen LogP contribution < -0.4 is 5.73 Å². The van der Waals surface area contributed by atoms with Crippen LogP contribution >= 0.6 is 12.4 Å². The molecular weight excluding hydrogens is 174 g/mol. The Labute approximate surface area is 77.8 Å². The topological polar surface area (TPSA) is 46.2 Å². The summed E-state index contributed by atoms with van der Waals surface area (Å²) in [5, 5.41) is 9.14. The zero-order chi connectivity index (χ0) is 7.84. The Balaban J connectivity index is 0.000000720. The van der Waals surface area contributed by atoms with E-state index in [0.717, 1.165) is 12.0 Å². The van der Waals surface area contributed by atoms with Crippen LogP contribution in [-0.2, 0) is 0 Å². The van der Waals surface area contributed by atoms with Crippen molar-refractivity contribution in [3.05, 3.63) is 29.8 Å². The molecule has 2 atom stereocenters. The zero-order valence-electron chi connectivity index (χ0n) is 6.60. The first-order chi connectivity index (χ1) is 5.27. The lowest BCUT2D eigenvalue weighted by atomic mass is 10.1. The van der Waals surface area contributed by atoms with E-state index in [-0.39, 0.29) is 12.4 Å². The van der Waals surface area contributed by atoms with E-state index in [4.69, 9.17) is 10.8 Å². The molecule has 0 radical (unpaired) electrons. The highest BCUT2D eigenvalue weighted by Crippen LogP contribution is 2.39. The summed E-state index contributed by atoms with van der Waals surface area (Å²) in [5.41, 5.74) is 6.83. The van der Waals surface area contributed by atoms with Crippen LogP contribution in [0.25, 0.3) is 0 Å². The predicted octanol–water partition coefficient (Wildman–Crippen LogP) is 1.63. The Hall–Kier alpha value is -0.730. The number of aromatic hydroxyl groups is 1. The van der Waals surface area contributed by atoms with Crippen LogP contribution in [-0.4, -0.2) is 11.1 Å². The van der Waals surface area contributed by atoms with Crippen molar-refractivity contribution in [3.63, 3.8) is 0 Å². The van der Waals surface area contributed by atoms with Crippen LogP contribution in [0.15, 0.2) is 24.3 Å². The highest BCUT2D eigenvalue weighted by Gasteiger charge is 2.34. The van der Waals surface area contributed by atoms with Gasteiger partial charge in [-0.3, -0.25) is 0 Å². The van der Waals surface area contributed by atoms with E-state index in [1.165, 1.54) is 0 Å². The normalized spacial score (nSPS) is 26.1. The molecule has 3 N–H and O–H groups in total. The van der Waals surface area contributed by atoms with Crippen molar-refractivity contribution in [1.82, 2.24) is 0 Å². The molecule has 12 heavy (non-hydrogen) atoms. The maximum atomic E-state index is 9.14. The van der Waals surface area contributed by atoms with Gasteiger partial charge in [-0.1, -0.05) is 12.1 Å². The molecule has 0 amide bonds. The van der Waals surface area contributed by atoms with Crippen molar-refractivity contribution in [2.75, 3.05) is 0 Å². The first kappa shape index (κ1) is 9.36. The van der Waals surface area contributed by atoms with E-state index >= 15 is 0 Å². The lowest BCUT2D eigenvalue weighted by molar-refractivity contribution is 0.474. The first-order valence-corrected chi connectivity index (χ1v) is 3.82. The molecule has 1 aliphatic carbocycles. The zero-order valence-corrected chi connectivity index (χ0v) is 7.42. The molecule has 0 saturated heterocycles. The largest absolute Gasteiger partial charge is 0.508 e. The van der Waals surface area contributed by atoms with Gasteiger partial charge in [-0.05, 0) is 24.1 Å². The molecule has 3 heteroatoms. The summed E-state index contributed by atoms with van der Waals surface area (Å²) in [6, 6.07) is 7.65. The molecule has 1 saturated carbocycles. The van der Waals surface area contributed by atoms with Crippen molar-refractivity contribution < 1.29 is 5.11 Å². The molecule has 0 aromatic heterocycles. The fourth-order valence-corrected chi connectivity index (χ4v) is 1.35. The van der Waals surface area contributed by atoms with E-state index in [9.17, 15) is 0 Å². The van der Waals surface area contributed by atoms with E-state index in [1.54, 1.807) is 12.1 Å². The van der Waals surface area contributed by atoms with Gasteiger partial charge >= 0.3 is 0 Å². The fourth-order valence-electron chi connectivity index (χ4n) is 1.35. The Morgan fingerprint density at radius 2 is 2.08 bits per heavy atom. The van der Waals surface area contributed by atoms with E-state index in [0.29, 0.717) is 17.7 Å². The van der Waals surface area contributed by atoms with Gasteiger partial charge in [0.1, 0.15) is 5.75 Å². The van der Waals surface area contributed by atoms with Crippen LogP contribution in [0, 0.1) is 0 Å². The molecule has 1 aromatic carbocycles. The number of phenols is 1. The smallest absolute Gasteiger partial charge is 0.115 e. The average Bonchev–Trinajstić information content (AvgIpc) is 2.67. The van der Waals surface area contributed by atoms with Crippen molar-refractivity contribution in [2.45, 2.75) is 18.4 Å². The minimum absolute atomic E-state index is 0. The minimum Gasteiger partial charge on any atom is -0.508 e. The second-order valence-corrected chi connectivity index (χ2v) is 3.10. The number of phenolic OH excluding ortho intramolecular Hbond substituents is 1. The van der Waals surface area contributed by atoms with Gasteiger partial charge in [0.2, 0.25) is 0 Å². The monoisotopic (exact) mass is 185 g/mol.